The molecule has 6 heteroatoms. The van der Waals surface area contributed by atoms with Crippen molar-refractivity contribution in [1.29, 1.82) is 0 Å². The molecule has 1 aliphatic heterocycles. The van der Waals surface area contributed by atoms with Gasteiger partial charge in [-0.25, -0.2) is 8.42 Å². The van der Waals surface area contributed by atoms with Gasteiger partial charge in [0.1, 0.15) is 0 Å². The standard InChI is InChI=1S/C13H22N2O2S2/c1-10-6-4-3-5-7-15(10)19(16,17)13-8-12(9-14)18-11(13)2/h8,10H,3-7,9,14H2,1-2H3. The fourth-order valence-corrected chi connectivity index (χ4v) is 5.80. The van der Waals surface area contributed by atoms with E-state index in [1.165, 1.54) is 11.3 Å². The molecule has 1 aromatic rings. The van der Waals surface area contributed by atoms with E-state index in [0.29, 0.717) is 18.0 Å². The summed E-state index contributed by atoms with van der Waals surface area (Å²) in [5, 5.41) is 0. The fraction of sp³-hybridized carbons (Fsp3) is 0.692. The third-order valence-corrected chi connectivity index (χ3v) is 7.04. The average Bonchev–Trinajstić information content (AvgIpc) is 2.61. The minimum atomic E-state index is -3.37. The molecule has 0 aliphatic carbocycles. The summed E-state index contributed by atoms with van der Waals surface area (Å²) in [5.74, 6) is 0. The van der Waals surface area contributed by atoms with Crippen LogP contribution in [0.5, 0.6) is 0 Å². The average molecular weight is 302 g/mol. The molecule has 0 amide bonds. The summed E-state index contributed by atoms with van der Waals surface area (Å²) in [4.78, 5) is 2.22. The Bertz CT molecular complexity index is 537. The second-order valence-electron chi connectivity index (χ2n) is 5.15. The van der Waals surface area contributed by atoms with Crippen LogP contribution in [0.4, 0.5) is 0 Å². The van der Waals surface area contributed by atoms with Crippen LogP contribution >= 0.6 is 11.3 Å². The van der Waals surface area contributed by atoms with E-state index in [2.05, 4.69) is 0 Å². The molecule has 0 radical (unpaired) electrons. The highest BCUT2D eigenvalue weighted by Crippen LogP contribution is 2.31. The van der Waals surface area contributed by atoms with Crippen LogP contribution in [0.2, 0.25) is 0 Å². The Morgan fingerprint density at radius 3 is 2.79 bits per heavy atom. The predicted molar refractivity (Wildman–Crippen MR) is 78.8 cm³/mol. The van der Waals surface area contributed by atoms with Gasteiger partial charge >= 0.3 is 0 Å². The van der Waals surface area contributed by atoms with E-state index < -0.39 is 10.0 Å². The minimum Gasteiger partial charge on any atom is -0.326 e. The number of hydrogen-bond donors (Lipinski definition) is 1. The fourth-order valence-electron chi connectivity index (χ4n) is 2.61. The lowest BCUT2D eigenvalue weighted by Gasteiger charge is -2.26. The maximum absolute atomic E-state index is 12.8. The topological polar surface area (TPSA) is 63.4 Å². The van der Waals surface area contributed by atoms with Gasteiger partial charge in [0.05, 0.1) is 4.90 Å². The van der Waals surface area contributed by atoms with E-state index >= 15 is 0 Å². The normalized spacial score (nSPS) is 22.4. The molecule has 1 fully saturated rings. The van der Waals surface area contributed by atoms with Crippen LogP contribution in [-0.4, -0.2) is 25.3 Å². The molecular weight excluding hydrogens is 280 g/mol. The van der Waals surface area contributed by atoms with Gasteiger partial charge in [0.25, 0.3) is 0 Å². The number of nitrogens with two attached hydrogens (primary N) is 1. The van der Waals surface area contributed by atoms with Crippen molar-refractivity contribution in [3.8, 4) is 0 Å². The Kier molecular flexibility index (Phi) is 4.66. The van der Waals surface area contributed by atoms with Crippen LogP contribution in [0.3, 0.4) is 0 Å². The lowest BCUT2D eigenvalue weighted by atomic mass is 10.1. The number of thiophene rings is 1. The van der Waals surface area contributed by atoms with Crippen molar-refractivity contribution in [1.82, 2.24) is 4.31 Å². The van der Waals surface area contributed by atoms with Crippen molar-refractivity contribution >= 4 is 21.4 Å². The number of nitrogens with zero attached hydrogens (tertiary/aromatic N) is 1. The number of rotatable bonds is 3. The molecule has 4 nitrogen and oxygen atoms in total. The zero-order valence-corrected chi connectivity index (χ0v) is 13.2. The van der Waals surface area contributed by atoms with E-state index in [1.807, 2.05) is 13.8 Å². The molecule has 0 spiro atoms. The Morgan fingerprint density at radius 2 is 2.16 bits per heavy atom. The van der Waals surface area contributed by atoms with Crippen LogP contribution < -0.4 is 5.73 Å². The van der Waals surface area contributed by atoms with E-state index in [4.69, 9.17) is 5.73 Å². The van der Waals surface area contributed by atoms with Crippen molar-refractivity contribution in [2.24, 2.45) is 5.73 Å². The van der Waals surface area contributed by atoms with Gasteiger partial charge in [0, 0.05) is 28.9 Å². The van der Waals surface area contributed by atoms with Gasteiger partial charge in [0.2, 0.25) is 10.0 Å². The summed E-state index contributed by atoms with van der Waals surface area (Å²) < 4.78 is 27.3. The molecule has 2 rings (SSSR count). The number of hydrogen-bond acceptors (Lipinski definition) is 4. The van der Waals surface area contributed by atoms with Crippen LogP contribution in [0.15, 0.2) is 11.0 Å². The molecule has 2 N–H and O–H groups in total. The van der Waals surface area contributed by atoms with Crippen LogP contribution in [0.1, 0.15) is 42.4 Å². The minimum absolute atomic E-state index is 0.0909. The first-order valence-electron chi connectivity index (χ1n) is 6.78. The van der Waals surface area contributed by atoms with Gasteiger partial charge < -0.3 is 5.73 Å². The Morgan fingerprint density at radius 1 is 1.42 bits per heavy atom. The maximum Gasteiger partial charge on any atom is 0.244 e. The van der Waals surface area contributed by atoms with Gasteiger partial charge in [0.15, 0.2) is 0 Å². The van der Waals surface area contributed by atoms with E-state index in [1.54, 1.807) is 10.4 Å². The zero-order valence-electron chi connectivity index (χ0n) is 11.6. The molecule has 1 atom stereocenters. The molecule has 0 saturated carbocycles. The van der Waals surface area contributed by atoms with Crippen molar-refractivity contribution in [2.75, 3.05) is 6.54 Å². The molecule has 1 saturated heterocycles. The van der Waals surface area contributed by atoms with Crippen molar-refractivity contribution in [3.63, 3.8) is 0 Å². The molecular formula is C13H22N2O2S2. The SMILES string of the molecule is Cc1sc(CN)cc1S(=O)(=O)N1CCCCCC1C. The van der Waals surface area contributed by atoms with Crippen molar-refractivity contribution < 1.29 is 8.42 Å². The molecule has 1 aromatic heterocycles. The van der Waals surface area contributed by atoms with Crippen molar-refractivity contribution in [3.05, 3.63) is 15.8 Å². The Labute approximate surface area is 119 Å². The summed E-state index contributed by atoms with van der Waals surface area (Å²) in [7, 11) is -3.37. The first-order chi connectivity index (χ1) is 8.96. The summed E-state index contributed by atoms with van der Waals surface area (Å²) in [5.41, 5.74) is 5.61. The summed E-state index contributed by atoms with van der Waals surface area (Å²) in [6.07, 6.45) is 4.14. The highest BCUT2D eigenvalue weighted by molar-refractivity contribution is 7.89. The first kappa shape index (κ1) is 15.0. The summed E-state index contributed by atoms with van der Waals surface area (Å²) in [6.45, 7) is 4.90. The third kappa shape index (κ3) is 3.02. The molecule has 1 aliphatic rings. The third-order valence-electron chi connectivity index (χ3n) is 3.70. The van der Waals surface area contributed by atoms with Gasteiger partial charge in [-0.15, -0.1) is 11.3 Å². The van der Waals surface area contributed by atoms with E-state index in [-0.39, 0.29) is 6.04 Å². The zero-order chi connectivity index (χ0) is 14.0. The molecule has 108 valence electrons. The lowest BCUT2D eigenvalue weighted by molar-refractivity contribution is 0.342. The van der Waals surface area contributed by atoms with Gasteiger partial charge in [-0.05, 0) is 32.8 Å². The number of aryl methyl sites for hydroxylation is 1. The van der Waals surface area contributed by atoms with Crippen LogP contribution in [-0.2, 0) is 16.6 Å². The molecule has 19 heavy (non-hydrogen) atoms. The summed E-state index contributed by atoms with van der Waals surface area (Å²) in [6, 6.07) is 1.83. The quantitative estimate of drug-likeness (QED) is 0.933. The largest absolute Gasteiger partial charge is 0.326 e. The smallest absolute Gasteiger partial charge is 0.244 e. The second-order valence-corrected chi connectivity index (χ2v) is 8.35. The molecule has 0 bridgehead atoms. The monoisotopic (exact) mass is 302 g/mol. The van der Waals surface area contributed by atoms with Crippen LogP contribution in [0.25, 0.3) is 0 Å². The molecule has 1 unspecified atom stereocenters. The number of sulfonamides is 1. The lowest BCUT2D eigenvalue weighted by Crippen LogP contribution is -2.38. The van der Waals surface area contributed by atoms with Crippen LogP contribution in [0, 0.1) is 6.92 Å². The Balaban J connectivity index is 2.37. The van der Waals surface area contributed by atoms with Gasteiger partial charge in [-0.1, -0.05) is 12.8 Å². The second kappa shape index (κ2) is 5.91. The van der Waals surface area contributed by atoms with Gasteiger partial charge in [-0.2, -0.15) is 4.31 Å². The van der Waals surface area contributed by atoms with E-state index in [0.717, 1.165) is 35.4 Å². The molecule has 2 heterocycles. The molecule has 0 aromatic carbocycles. The first-order valence-corrected chi connectivity index (χ1v) is 9.03. The highest BCUT2D eigenvalue weighted by atomic mass is 32.2. The Hall–Kier alpha value is -0.430. The van der Waals surface area contributed by atoms with E-state index in [9.17, 15) is 8.42 Å². The van der Waals surface area contributed by atoms with Crippen molar-refractivity contribution in [2.45, 2.75) is 57.0 Å². The maximum atomic E-state index is 12.8. The summed E-state index contributed by atoms with van der Waals surface area (Å²) >= 11 is 1.48. The predicted octanol–water partition coefficient (Wildman–Crippen LogP) is 2.47. The van der Waals surface area contributed by atoms with Gasteiger partial charge in [-0.3, -0.25) is 0 Å². The highest BCUT2D eigenvalue weighted by Gasteiger charge is 2.31.